The summed E-state index contributed by atoms with van der Waals surface area (Å²) in [6.45, 7) is 6.39. The van der Waals surface area contributed by atoms with Crippen LogP contribution in [0.2, 0.25) is 0 Å². The molecule has 19 heavy (non-hydrogen) atoms. The zero-order chi connectivity index (χ0) is 13.6. The molecule has 0 aliphatic rings. The summed E-state index contributed by atoms with van der Waals surface area (Å²) in [7, 11) is 0. The molecule has 3 rings (SSSR count). The van der Waals surface area contributed by atoms with Crippen LogP contribution >= 0.6 is 0 Å². The maximum absolute atomic E-state index is 5.98. The Hall–Kier alpha value is -2.30. The second-order valence-electron chi connectivity index (χ2n) is 4.80. The second kappa shape index (κ2) is 4.12. The first-order valence-corrected chi connectivity index (χ1v) is 6.20. The van der Waals surface area contributed by atoms with Gasteiger partial charge in [0.05, 0.1) is 16.7 Å². The summed E-state index contributed by atoms with van der Waals surface area (Å²) in [5.74, 6) is 1.98. The van der Waals surface area contributed by atoms with Crippen molar-refractivity contribution < 1.29 is 4.42 Å². The van der Waals surface area contributed by atoms with E-state index in [-0.39, 0.29) is 0 Å². The van der Waals surface area contributed by atoms with Gasteiger partial charge in [0.1, 0.15) is 12.3 Å². The number of oxazole rings is 1. The number of aromatic nitrogens is 3. The van der Waals surface area contributed by atoms with Crippen molar-refractivity contribution in [2.75, 3.05) is 5.73 Å². The number of imidazole rings is 1. The molecule has 0 radical (unpaired) electrons. The van der Waals surface area contributed by atoms with Gasteiger partial charge in [-0.15, -0.1) is 0 Å². The van der Waals surface area contributed by atoms with Gasteiger partial charge < -0.3 is 14.7 Å². The minimum atomic E-state index is 0.481. The van der Waals surface area contributed by atoms with E-state index in [0.717, 1.165) is 22.5 Å². The minimum Gasteiger partial charge on any atom is -0.444 e. The Morgan fingerprint density at radius 3 is 2.68 bits per heavy atom. The number of fused-ring (bicyclic) bond motifs is 1. The maximum atomic E-state index is 5.98. The van der Waals surface area contributed by atoms with Gasteiger partial charge in [0, 0.05) is 0 Å². The second-order valence-corrected chi connectivity index (χ2v) is 4.80. The third-order valence-electron chi connectivity index (χ3n) is 3.30. The molecule has 98 valence electrons. The van der Waals surface area contributed by atoms with E-state index >= 15 is 0 Å². The molecule has 5 nitrogen and oxygen atoms in total. The molecule has 0 bridgehead atoms. The van der Waals surface area contributed by atoms with Gasteiger partial charge in [0.2, 0.25) is 11.8 Å². The molecule has 0 spiro atoms. The average Bonchev–Trinajstić information content (AvgIpc) is 2.82. The number of nitrogens with two attached hydrogens (primary N) is 1. The zero-order valence-corrected chi connectivity index (χ0v) is 11.3. The first kappa shape index (κ1) is 11.8. The molecular weight excluding hydrogens is 240 g/mol. The number of anilines is 1. The predicted molar refractivity (Wildman–Crippen MR) is 74.0 cm³/mol. The molecule has 3 aromatic rings. The fourth-order valence-corrected chi connectivity index (χ4v) is 2.16. The van der Waals surface area contributed by atoms with Gasteiger partial charge >= 0.3 is 0 Å². The molecule has 1 aromatic carbocycles. The number of aryl methyl sites for hydroxylation is 3. The van der Waals surface area contributed by atoms with Crippen molar-refractivity contribution in [1.29, 1.82) is 0 Å². The quantitative estimate of drug-likeness (QED) is 0.765. The lowest BCUT2D eigenvalue weighted by molar-refractivity contribution is 0.460. The third kappa shape index (κ3) is 1.97. The van der Waals surface area contributed by atoms with E-state index in [1.165, 1.54) is 5.56 Å². The lowest BCUT2D eigenvalue weighted by Crippen LogP contribution is -2.04. The SMILES string of the molecule is Cc1ccc2nc(N)n(Cc3nc(C)c(C)o3)c2c1. The van der Waals surface area contributed by atoms with Crippen LogP contribution in [0.5, 0.6) is 0 Å². The Labute approximate surface area is 111 Å². The summed E-state index contributed by atoms with van der Waals surface area (Å²) in [5.41, 5.74) is 9.96. The molecule has 0 saturated carbocycles. The molecule has 2 N–H and O–H groups in total. The highest BCUT2D eigenvalue weighted by Crippen LogP contribution is 2.21. The fraction of sp³-hybridized carbons (Fsp3) is 0.286. The van der Waals surface area contributed by atoms with Crippen LogP contribution in [0.15, 0.2) is 22.6 Å². The molecule has 0 aliphatic heterocycles. The average molecular weight is 256 g/mol. The molecule has 2 aromatic heterocycles. The van der Waals surface area contributed by atoms with Crippen molar-refractivity contribution in [3.8, 4) is 0 Å². The van der Waals surface area contributed by atoms with Crippen LogP contribution in [0.25, 0.3) is 11.0 Å². The van der Waals surface area contributed by atoms with Crippen LogP contribution < -0.4 is 5.73 Å². The molecular formula is C14H16N4O. The lowest BCUT2D eigenvalue weighted by Gasteiger charge is -2.03. The monoisotopic (exact) mass is 256 g/mol. The predicted octanol–water partition coefficient (Wildman–Crippen LogP) is 2.58. The zero-order valence-electron chi connectivity index (χ0n) is 11.3. The lowest BCUT2D eigenvalue weighted by atomic mass is 10.2. The summed E-state index contributed by atoms with van der Waals surface area (Å²) in [4.78, 5) is 8.74. The summed E-state index contributed by atoms with van der Waals surface area (Å²) >= 11 is 0. The van der Waals surface area contributed by atoms with Gasteiger partial charge in [-0.3, -0.25) is 0 Å². The normalized spacial score (nSPS) is 11.3. The molecule has 0 unspecified atom stereocenters. The van der Waals surface area contributed by atoms with Gasteiger partial charge in [0.15, 0.2) is 0 Å². The standard InChI is InChI=1S/C14H16N4O/c1-8-4-5-11-12(6-8)18(14(15)17-11)7-13-16-9(2)10(3)19-13/h4-6H,7H2,1-3H3,(H2,15,17). The Morgan fingerprint density at radius 1 is 1.21 bits per heavy atom. The highest BCUT2D eigenvalue weighted by molar-refractivity contribution is 5.79. The Balaban J connectivity index is 2.09. The highest BCUT2D eigenvalue weighted by Gasteiger charge is 2.12. The van der Waals surface area contributed by atoms with Gasteiger partial charge in [-0.05, 0) is 38.5 Å². The van der Waals surface area contributed by atoms with Crippen LogP contribution in [0.3, 0.4) is 0 Å². The van der Waals surface area contributed by atoms with Crippen LogP contribution in [0.1, 0.15) is 22.9 Å². The molecule has 0 amide bonds. The van der Waals surface area contributed by atoms with E-state index in [4.69, 9.17) is 10.2 Å². The van der Waals surface area contributed by atoms with E-state index in [9.17, 15) is 0 Å². The molecule has 0 fully saturated rings. The number of benzene rings is 1. The molecule has 2 heterocycles. The van der Waals surface area contributed by atoms with Gasteiger partial charge in [0.25, 0.3) is 0 Å². The van der Waals surface area contributed by atoms with E-state index in [0.29, 0.717) is 18.4 Å². The number of nitrogens with zero attached hydrogens (tertiary/aromatic N) is 3. The number of hydrogen-bond acceptors (Lipinski definition) is 4. The third-order valence-corrected chi connectivity index (χ3v) is 3.30. The molecule has 5 heteroatoms. The fourth-order valence-electron chi connectivity index (χ4n) is 2.16. The van der Waals surface area contributed by atoms with Crippen molar-refractivity contribution >= 4 is 17.0 Å². The van der Waals surface area contributed by atoms with E-state index in [1.807, 2.05) is 37.5 Å². The first-order chi connectivity index (χ1) is 9.04. The summed E-state index contributed by atoms with van der Waals surface area (Å²) in [5, 5.41) is 0. The first-order valence-electron chi connectivity index (χ1n) is 6.20. The van der Waals surface area contributed by atoms with Crippen LogP contribution in [-0.2, 0) is 6.54 Å². The van der Waals surface area contributed by atoms with Crippen LogP contribution in [-0.4, -0.2) is 14.5 Å². The maximum Gasteiger partial charge on any atom is 0.214 e. The highest BCUT2D eigenvalue weighted by atomic mass is 16.4. The van der Waals surface area contributed by atoms with Crippen molar-refractivity contribution in [2.45, 2.75) is 27.3 Å². The molecule has 0 aliphatic carbocycles. The largest absolute Gasteiger partial charge is 0.444 e. The Morgan fingerprint density at radius 2 is 2.00 bits per heavy atom. The number of nitrogen functional groups attached to an aromatic ring is 1. The number of rotatable bonds is 2. The van der Waals surface area contributed by atoms with Gasteiger partial charge in [-0.25, -0.2) is 9.97 Å². The Kier molecular flexibility index (Phi) is 2.55. The molecule has 0 atom stereocenters. The van der Waals surface area contributed by atoms with E-state index < -0.39 is 0 Å². The van der Waals surface area contributed by atoms with E-state index in [2.05, 4.69) is 16.0 Å². The topological polar surface area (TPSA) is 69.9 Å². The Bertz CT molecular complexity index is 735. The number of hydrogen-bond donors (Lipinski definition) is 1. The van der Waals surface area contributed by atoms with Gasteiger partial charge in [-0.1, -0.05) is 6.07 Å². The van der Waals surface area contributed by atoms with Crippen molar-refractivity contribution in [3.63, 3.8) is 0 Å². The molecule has 0 saturated heterocycles. The summed E-state index contributed by atoms with van der Waals surface area (Å²) in [6.07, 6.45) is 0. The van der Waals surface area contributed by atoms with Crippen molar-refractivity contribution in [1.82, 2.24) is 14.5 Å². The van der Waals surface area contributed by atoms with Gasteiger partial charge in [-0.2, -0.15) is 0 Å². The van der Waals surface area contributed by atoms with Crippen molar-refractivity contribution in [3.05, 3.63) is 41.1 Å². The minimum absolute atomic E-state index is 0.481. The van der Waals surface area contributed by atoms with E-state index in [1.54, 1.807) is 0 Å². The summed E-state index contributed by atoms with van der Waals surface area (Å²) in [6, 6.07) is 6.07. The van der Waals surface area contributed by atoms with Crippen LogP contribution in [0, 0.1) is 20.8 Å². The summed E-state index contributed by atoms with van der Waals surface area (Å²) < 4.78 is 7.53. The van der Waals surface area contributed by atoms with Crippen LogP contribution in [0.4, 0.5) is 5.95 Å². The van der Waals surface area contributed by atoms with Crippen molar-refractivity contribution in [2.24, 2.45) is 0 Å². The smallest absolute Gasteiger partial charge is 0.214 e.